The maximum Gasteiger partial charge on any atom is 0.673 e. The minimum atomic E-state index is -6.00. The minimum absolute atomic E-state index is 0.757. The average Bonchev–Trinajstić information content (AvgIpc) is 2.73. The van der Waals surface area contributed by atoms with Crippen molar-refractivity contribution >= 4 is 30.2 Å². The Hall–Kier alpha value is -2.70. The third-order valence-electron chi connectivity index (χ3n) is 4.07. The predicted octanol–water partition coefficient (Wildman–Crippen LogP) is 8.98. The van der Waals surface area contributed by atoms with Gasteiger partial charge in [0.25, 0.3) is 0 Å². The van der Waals surface area contributed by atoms with Crippen molar-refractivity contribution in [2.75, 3.05) is 0 Å². The van der Waals surface area contributed by atoms with Crippen molar-refractivity contribution in [2.24, 2.45) is 0 Å². The van der Waals surface area contributed by atoms with Crippen LogP contribution in [0.3, 0.4) is 0 Å². The first-order chi connectivity index (χ1) is 14.3. The van der Waals surface area contributed by atoms with E-state index in [1.165, 1.54) is 26.4 Å². The second kappa shape index (κ2) is 9.87. The van der Waals surface area contributed by atoms with Gasteiger partial charge < -0.3 is 17.3 Å². The summed E-state index contributed by atoms with van der Waals surface area (Å²) in [5.41, 5.74) is 4.77. The van der Waals surface area contributed by atoms with Gasteiger partial charge in [-0.15, -0.1) is 0 Å². The Kier molecular flexibility index (Phi) is 7.24. The van der Waals surface area contributed by atoms with E-state index < -0.39 is 7.25 Å². The van der Waals surface area contributed by atoms with Crippen molar-refractivity contribution in [2.45, 2.75) is 0 Å². The third kappa shape index (κ3) is 6.68. The fourth-order valence-corrected chi connectivity index (χ4v) is 4.13. The molecule has 4 rings (SSSR count). The standard InChI is InChI=1S/C23H16ClS.BF4/c24-21-13-7-12-19(14-21)20-15-22(17-8-3-1-4-9-17)25-23(16-20)18-10-5-2-6-11-18;2-1(3,4)5/h1-16H;/q+1;-1. The van der Waals surface area contributed by atoms with Crippen LogP contribution in [0.5, 0.6) is 0 Å². The van der Waals surface area contributed by atoms with Crippen molar-refractivity contribution in [3.8, 4) is 32.0 Å². The van der Waals surface area contributed by atoms with E-state index in [4.69, 9.17) is 11.6 Å². The molecule has 30 heavy (non-hydrogen) atoms. The van der Waals surface area contributed by atoms with Gasteiger partial charge in [-0.05, 0) is 47.5 Å². The van der Waals surface area contributed by atoms with Gasteiger partial charge in [0.05, 0.1) is 0 Å². The molecule has 0 nitrogen and oxygen atoms in total. The molecular formula is C23H16BClF4S. The van der Waals surface area contributed by atoms with Crippen LogP contribution in [0.2, 0.25) is 5.02 Å². The van der Waals surface area contributed by atoms with Crippen LogP contribution in [0, 0.1) is 0 Å². The number of hydrogen-bond acceptors (Lipinski definition) is 0. The lowest BCUT2D eigenvalue weighted by molar-refractivity contribution is 0.368. The molecule has 0 saturated heterocycles. The molecule has 0 spiro atoms. The molecule has 0 aliphatic heterocycles. The van der Waals surface area contributed by atoms with Gasteiger partial charge in [0, 0.05) is 28.3 Å². The molecule has 152 valence electrons. The number of benzene rings is 3. The lowest BCUT2D eigenvalue weighted by Crippen LogP contribution is -2.02. The molecule has 7 heteroatoms. The molecule has 3 aromatic carbocycles. The van der Waals surface area contributed by atoms with E-state index in [9.17, 15) is 17.3 Å². The first kappa shape index (κ1) is 22.0. The lowest BCUT2D eigenvalue weighted by atomic mass is 10.0. The average molecular weight is 447 g/mol. The van der Waals surface area contributed by atoms with Gasteiger partial charge in [0.2, 0.25) is 21.1 Å². The molecule has 0 bridgehead atoms. The van der Waals surface area contributed by atoms with E-state index in [1.807, 2.05) is 41.7 Å². The number of halogens is 5. The van der Waals surface area contributed by atoms with Crippen molar-refractivity contribution < 1.29 is 17.3 Å². The van der Waals surface area contributed by atoms with Gasteiger partial charge in [-0.2, -0.15) is 0 Å². The van der Waals surface area contributed by atoms with Crippen LogP contribution in [-0.2, 0) is 0 Å². The van der Waals surface area contributed by atoms with Gasteiger partial charge in [-0.25, -0.2) is 0 Å². The molecule has 0 fully saturated rings. The molecule has 1 heterocycles. The van der Waals surface area contributed by atoms with E-state index in [1.54, 1.807) is 0 Å². The summed E-state index contributed by atoms with van der Waals surface area (Å²) in [7, 11) is -6.00. The van der Waals surface area contributed by atoms with E-state index in [-0.39, 0.29) is 0 Å². The van der Waals surface area contributed by atoms with Crippen LogP contribution in [0.4, 0.5) is 17.3 Å². The summed E-state index contributed by atoms with van der Waals surface area (Å²) in [5, 5.41) is 0.757. The first-order valence-corrected chi connectivity index (χ1v) is 10.2. The minimum Gasteiger partial charge on any atom is -0.418 e. The molecule has 0 atom stereocenters. The Morgan fingerprint density at radius 3 is 1.40 bits per heavy atom. The number of rotatable bonds is 3. The van der Waals surface area contributed by atoms with E-state index in [0.717, 1.165) is 10.6 Å². The SMILES string of the molecule is Clc1cccc(-c2cc(-c3ccccc3)[s+]c(-c3ccccc3)c2)c1.F[B-](F)(F)F. The molecule has 1 aromatic heterocycles. The normalized spacial score (nSPS) is 10.8. The highest BCUT2D eigenvalue weighted by atomic mass is 35.5. The summed E-state index contributed by atoms with van der Waals surface area (Å²) < 4.78 is 39.0. The van der Waals surface area contributed by atoms with Crippen LogP contribution in [0.15, 0.2) is 97.1 Å². The van der Waals surface area contributed by atoms with E-state index >= 15 is 0 Å². The molecule has 0 aliphatic rings. The highest BCUT2D eigenvalue weighted by Gasteiger charge is 2.21. The van der Waals surface area contributed by atoms with Crippen molar-refractivity contribution in [1.82, 2.24) is 0 Å². The Labute approximate surface area is 181 Å². The number of hydrogen-bond donors (Lipinski definition) is 0. The summed E-state index contributed by atoms with van der Waals surface area (Å²) in [4.78, 5) is 2.49. The second-order valence-electron chi connectivity index (χ2n) is 6.31. The maximum absolute atomic E-state index is 9.75. The topological polar surface area (TPSA) is 0 Å². The van der Waals surface area contributed by atoms with Gasteiger partial charge in [-0.3, -0.25) is 0 Å². The van der Waals surface area contributed by atoms with Crippen LogP contribution < -0.4 is 0 Å². The fourth-order valence-electron chi connectivity index (χ4n) is 2.83. The summed E-state index contributed by atoms with van der Waals surface area (Å²) in [6.07, 6.45) is 0. The molecule has 0 unspecified atom stereocenters. The summed E-state index contributed by atoms with van der Waals surface area (Å²) in [5.74, 6) is 0. The molecule has 0 aliphatic carbocycles. The quantitative estimate of drug-likeness (QED) is 0.167. The van der Waals surface area contributed by atoms with Crippen LogP contribution >= 0.6 is 22.9 Å². The van der Waals surface area contributed by atoms with Crippen molar-refractivity contribution in [3.63, 3.8) is 0 Å². The van der Waals surface area contributed by atoms with Gasteiger partial charge in [-0.1, -0.05) is 60.1 Å². The second-order valence-corrected chi connectivity index (χ2v) is 7.83. The molecule has 0 radical (unpaired) electrons. The Morgan fingerprint density at radius 2 is 0.967 bits per heavy atom. The zero-order valence-electron chi connectivity index (χ0n) is 15.6. The van der Waals surface area contributed by atoms with Crippen LogP contribution in [0.1, 0.15) is 0 Å². The van der Waals surface area contributed by atoms with Gasteiger partial charge in [0.1, 0.15) is 0 Å². The van der Waals surface area contributed by atoms with Crippen molar-refractivity contribution in [3.05, 3.63) is 102 Å². The maximum atomic E-state index is 9.75. The van der Waals surface area contributed by atoms with Crippen LogP contribution in [0.25, 0.3) is 32.0 Å². The van der Waals surface area contributed by atoms with E-state index in [2.05, 4.69) is 66.7 Å². The third-order valence-corrected chi connectivity index (χ3v) is 5.45. The summed E-state index contributed by atoms with van der Waals surface area (Å²) in [6.45, 7) is 0. The zero-order chi connectivity index (χ0) is 21.6. The lowest BCUT2D eigenvalue weighted by Gasteiger charge is -2.03. The van der Waals surface area contributed by atoms with Gasteiger partial charge >= 0.3 is 7.25 Å². The molecule has 0 saturated carbocycles. The van der Waals surface area contributed by atoms with Crippen LogP contribution in [-0.4, -0.2) is 7.25 Å². The van der Waals surface area contributed by atoms with E-state index in [0.29, 0.717) is 0 Å². The predicted molar refractivity (Wildman–Crippen MR) is 120 cm³/mol. The van der Waals surface area contributed by atoms with Gasteiger partial charge in [0.15, 0.2) is 0 Å². The molecular weight excluding hydrogens is 431 g/mol. The monoisotopic (exact) mass is 446 g/mol. The Morgan fingerprint density at radius 1 is 0.533 bits per heavy atom. The van der Waals surface area contributed by atoms with Crippen molar-refractivity contribution in [1.29, 1.82) is 0 Å². The zero-order valence-corrected chi connectivity index (χ0v) is 17.2. The Balaban J connectivity index is 0.000000461. The molecule has 0 amide bonds. The smallest absolute Gasteiger partial charge is 0.418 e. The molecule has 4 aromatic rings. The Bertz CT molecular complexity index is 1040. The molecule has 0 N–H and O–H groups in total. The summed E-state index contributed by atoms with van der Waals surface area (Å²) in [6, 6.07) is 33.6. The largest absolute Gasteiger partial charge is 0.673 e. The summed E-state index contributed by atoms with van der Waals surface area (Å²) >= 11 is 8.02. The first-order valence-electron chi connectivity index (χ1n) is 9.02. The highest BCUT2D eigenvalue weighted by molar-refractivity contribution is 7.18. The highest BCUT2D eigenvalue weighted by Crippen LogP contribution is 2.37. The fraction of sp³-hybridized carbons (Fsp3) is 0.